The van der Waals surface area contributed by atoms with E-state index in [0.717, 1.165) is 18.0 Å². The van der Waals surface area contributed by atoms with Crippen LogP contribution in [0, 0.1) is 17.8 Å². The fourth-order valence-corrected chi connectivity index (χ4v) is 3.57. The van der Waals surface area contributed by atoms with Crippen LogP contribution in [0.4, 0.5) is 5.69 Å². The van der Waals surface area contributed by atoms with Crippen LogP contribution in [0.2, 0.25) is 0 Å². The summed E-state index contributed by atoms with van der Waals surface area (Å²) in [6, 6.07) is 9.97. The normalized spacial score (nSPS) is 30.5. The van der Waals surface area contributed by atoms with Gasteiger partial charge in [0, 0.05) is 18.7 Å². The number of anilines is 1. The van der Waals surface area contributed by atoms with Gasteiger partial charge in [0.15, 0.2) is 0 Å². The summed E-state index contributed by atoms with van der Waals surface area (Å²) in [6.07, 6.45) is 5.03. The van der Waals surface area contributed by atoms with Crippen LogP contribution in [0.1, 0.15) is 25.7 Å². The molecule has 2 saturated carbocycles. The summed E-state index contributed by atoms with van der Waals surface area (Å²) in [5.74, 6) is 2.11. The molecular weight excluding hydrogens is 210 g/mol. The van der Waals surface area contributed by atoms with Crippen molar-refractivity contribution < 1.29 is 4.79 Å². The molecule has 90 valence electrons. The zero-order valence-corrected chi connectivity index (χ0v) is 10.3. The standard InChI is InChI=1S/C15H19NO/c1-16(13-5-3-2-4-6-13)15(17)14-10-11-7-8-12(14)9-11/h2-6,11-12,14H,7-10H2,1H3/t11-,12-,14+/m0/s1. The van der Waals surface area contributed by atoms with Gasteiger partial charge < -0.3 is 4.90 Å². The summed E-state index contributed by atoms with van der Waals surface area (Å²) in [5.41, 5.74) is 1.01. The third-order valence-corrected chi connectivity index (χ3v) is 4.53. The molecule has 3 rings (SSSR count). The van der Waals surface area contributed by atoms with Crippen molar-refractivity contribution in [2.45, 2.75) is 25.7 Å². The molecule has 1 aromatic rings. The van der Waals surface area contributed by atoms with E-state index in [1.54, 1.807) is 0 Å². The second-order valence-corrected chi connectivity index (χ2v) is 5.51. The lowest BCUT2D eigenvalue weighted by Crippen LogP contribution is -2.35. The van der Waals surface area contributed by atoms with Crippen LogP contribution in [0.25, 0.3) is 0 Å². The summed E-state index contributed by atoms with van der Waals surface area (Å²) < 4.78 is 0. The lowest BCUT2D eigenvalue weighted by molar-refractivity contribution is -0.123. The fourth-order valence-electron chi connectivity index (χ4n) is 3.57. The van der Waals surface area contributed by atoms with Gasteiger partial charge in [0.25, 0.3) is 0 Å². The Hall–Kier alpha value is -1.31. The van der Waals surface area contributed by atoms with Crippen LogP contribution in [-0.2, 0) is 4.79 Å². The largest absolute Gasteiger partial charge is 0.315 e. The molecule has 2 fully saturated rings. The molecule has 3 atom stereocenters. The number of amides is 1. The number of rotatable bonds is 2. The predicted octanol–water partition coefficient (Wildman–Crippen LogP) is 3.09. The molecule has 0 unspecified atom stereocenters. The van der Waals surface area contributed by atoms with Gasteiger partial charge in [0.1, 0.15) is 0 Å². The summed E-state index contributed by atoms with van der Waals surface area (Å²) in [7, 11) is 1.91. The lowest BCUT2D eigenvalue weighted by atomic mass is 9.88. The van der Waals surface area contributed by atoms with Crippen LogP contribution in [0.3, 0.4) is 0 Å². The quantitative estimate of drug-likeness (QED) is 0.763. The summed E-state index contributed by atoms with van der Waals surface area (Å²) in [6.45, 7) is 0. The van der Waals surface area contributed by atoms with E-state index < -0.39 is 0 Å². The number of hydrogen-bond donors (Lipinski definition) is 0. The van der Waals surface area contributed by atoms with E-state index in [1.165, 1.54) is 19.3 Å². The fraction of sp³-hybridized carbons (Fsp3) is 0.533. The van der Waals surface area contributed by atoms with Crippen LogP contribution >= 0.6 is 0 Å². The highest BCUT2D eigenvalue weighted by molar-refractivity contribution is 5.94. The minimum absolute atomic E-state index is 0.291. The van der Waals surface area contributed by atoms with Gasteiger partial charge in [-0.15, -0.1) is 0 Å². The molecule has 0 spiro atoms. The number of fused-ring (bicyclic) bond motifs is 2. The Morgan fingerprint density at radius 2 is 1.94 bits per heavy atom. The summed E-state index contributed by atoms with van der Waals surface area (Å²) in [5, 5.41) is 0. The topological polar surface area (TPSA) is 20.3 Å². The van der Waals surface area contributed by atoms with Crippen molar-refractivity contribution in [2.24, 2.45) is 17.8 Å². The Labute approximate surface area is 103 Å². The minimum atomic E-state index is 0.291. The first kappa shape index (κ1) is 10.8. The van der Waals surface area contributed by atoms with Gasteiger partial charge >= 0.3 is 0 Å². The molecule has 0 aliphatic heterocycles. The zero-order chi connectivity index (χ0) is 11.8. The maximum Gasteiger partial charge on any atom is 0.230 e. The van der Waals surface area contributed by atoms with Gasteiger partial charge in [-0.1, -0.05) is 24.6 Å². The van der Waals surface area contributed by atoms with Crippen molar-refractivity contribution in [1.82, 2.24) is 0 Å². The van der Waals surface area contributed by atoms with E-state index in [1.807, 2.05) is 42.3 Å². The Kier molecular flexibility index (Phi) is 2.65. The maximum absolute atomic E-state index is 12.5. The third-order valence-electron chi connectivity index (χ3n) is 4.53. The molecule has 0 radical (unpaired) electrons. The first-order valence-electron chi connectivity index (χ1n) is 6.58. The molecule has 2 nitrogen and oxygen atoms in total. The molecule has 0 aromatic heterocycles. The average molecular weight is 229 g/mol. The average Bonchev–Trinajstić information content (AvgIpc) is 3.00. The molecule has 0 saturated heterocycles. The Bertz CT molecular complexity index is 414. The van der Waals surface area contributed by atoms with Crippen molar-refractivity contribution >= 4 is 11.6 Å². The van der Waals surface area contributed by atoms with E-state index in [9.17, 15) is 4.79 Å². The number of nitrogens with zero attached hydrogens (tertiary/aromatic N) is 1. The highest BCUT2D eigenvalue weighted by Gasteiger charge is 2.44. The minimum Gasteiger partial charge on any atom is -0.315 e. The molecule has 2 bridgehead atoms. The maximum atomic E-state index is 12.5. The first-order valence-corrected chi connectivity index (χ1v) is 6.58. The predicted molar refractivity (Wildman–Crippen MR) is 68.8 cm³/mol. The number of para-hydroxylation sites is 1. The van der Waals surface area contributed by atoms with Gasteiger partial charge in [-0.2, -0.15) is 0 Å². The van der Waals surface area contributed by atoms with Gasteiger partial charge in [-0.25, -0.2) is 0 Å². The molecule has 2 heteroatoms. The third kappa shape index (κ3) is 1.86. The smallest absolute Gasteiger partial charge is 0.230 e. The summed E-state index contributed by atoms with van der Waals surface area (Å²) in [4.78, 5) is 14.3. The Morgan fingerprint density at radius 3 is 2.53 bits per heavy atom. The van der Waals surface area contributed by atoms with Gasteiger partial charge in [0.2, 0.25) is 5.91 Å². The van der Waals surface area contributed by atoms with E-state index in [0.29, 0.717) is 17.7 Å². The zero-order valence-electron chi connectivity index (χ0n) is 10.3. The molecule has 0 N–H and O–H groups in total. The molecule has 17 heavy (non-hydrogen) atoms. The number of hydrogen-bond acceptors (Lipinski definition) is 1. The molecule has 2 aliphatic rings. The van der Waals surface area contributed by atoms with Crippen LogP contribution < -0.4 is 4.90 Å². The van der Waals surface area contributed by atoms with Gasteiger partial charge in [-0.05, 0) is 43.2 Å². The van der Waals surface area contributed by atoms with Crippen molar-refractivity contribution in [3.05, 3.63) is 30.3 Å². The van der Waals surface area contributed by atoms with E-state index in [-0.39, 0.29) is 0 Å². The second-order valence-electron chi connectivity index (χ2n) is 5.51. The number of carbonyl (C=O) groups excluding carboxylic acids is 1. The molecule has 1 amide bonds. The van der Waals surface area contributed by atoms with Crippen molar-refractivity contribution in [3.8, 4) is 0 Å². The monoisotopic (exact) mass is 229 g/mol. The number of benzene rings is 1. The molecule has 2 aliphatic carbocycles. The molecule has 0 heterocycles. The van der Waals surface area contributed by atoms with E-state index in [4.69, 9.17) is 0 Å². The van der Waals surface area contributed by atoms with E-state index in [2.05, 4.69) is 0 Å². The highest BCUT2D eigenvalue weighted by Crippen LogP contribution is 2.49. The second kappa shape index (κ2) is 4.17. The Balaban J connectivity index is 1.74. The lowest BCUT2D eigenvalue weighted by Gasteiger charge is -2.26. The van der Waals surface area contributed by atoms with Gasteiger partial charge in [-0.3, -0.25) is 4.79 Å². The van der Waals surface area contributed by atoms with Crippen LogP contribution in [0.15, 0.2) is 30.3 Å². The molecule has 1 aromatic carbocycles. The Morgan fingerprint density at radius 1 is 1.18 bits per heavy atom. The van der Waals surface area contributed by atoms with Crippen LogP contribution in [-0.4, -0.2) is 13.0 Å². The van der Waals surface area contributed by atoms with Crippen molar-refractivity contribution in [1.29, 1.82) is 0 Å². The highest BCUT2D eigenvalue weighted by atomic mass is 16.2. The van der Waals surface area contributed by atoms with Crippen molar-refractivity contribution in [2.75, 3.05) is 11.9 Å². The van der Waals surface area contributed by atoms with Crippen molar-refractivity contribution in [3.63, 3.8) is 0 Å². The van der Waals surface area contributed by atoms with Gasteiger partial charge in [0.05, 0.1) is 0 Å². The SMILES string of the molecule is CN(C(=O)[C@@H]1C[C@H]2CC[C@H]1C2)c1ccccc1. The number of carbonyl (C=O) groups is 1. The van der Waals surface area contributed by atoms with Crippen LogP contribution in [0.5, 0.6) is 0 Å². The molecular formula is C15H19NO. The summed E-state index contributed by atoms with van der Waals surface area (Å²) >= 11 is 0. The van der Waals surface area contributed by atoms with E-state index >= 15 is 0 Å². The first-order chi connectivity index (χ1) is 8.25.